The highest BCUT2D eigenvalue weighted by molar-refractivity contribution is 9.10. The molecule has 3 rings (SSSR count). The number of aromatic nitrogens is 1. The molecule has 2 aromatic rings. The number of amides is 1. The fraction of sp³-hybridized carbons (Fsp3) is 0.214. The van der Waals surface area contributed by atoms with E-state index < -0.39 is 0 Å². The van der Waals surface area contributed by atoms with Crippen LogP contribution in [0.15, 0.2) is 22.9 Å². The van der Waals surface area contributed by atoms with Crippen molar-refractivity contribution in [3.63, 3.8) is 0 Å². The summed E-state index contributed by atoms with van der Waals surface area (Å²) in [4.78, 5) is 17.4. The largest absolute Gasteiger partial charge is 0.312 e. The van der Waals surface area contributed by atoms with Gasteiger partial charge in [0.05, 0.1) is 11.1 Å². The maximum atomic E-state index is 12.3. The van der Waals surface area contributed by atoms with Crippen LogP contribution in [0.2, 0.25) is 0 Å². The fourth-order valence-electron chi connectivity index (χ4n) is 2.25. The quantitative estimate of drug-likeness (QED) is 0.860. The number of carbonyl (C=O) groups excluding carboxylic acids is 1. The zero-order valence-corrected chi connectivity index (χ0v) is 13.3. The van der Waals surface area contributed by atoms with E-state index >= 15 is 0 Å². The number of fused-ring (bicyclic) bond motifs is 1. The van der Waals surface area contributed by atoms with Gasteiger partial charge in [0, 0.05) is 28.3 Å². The van der Waals surface area contributed by atoms with Crippen molar-refractivity contribution in [3.05, 3.63) is 44.5 Å². The minimum Gasteiger partial charge on any atom is -0.312 e. The van der Waals surface area contributed by atoms with Crippen molar-refractivity contribution in [1.29, 1.82) is 5.26 Å². The number of nitrogens with one attached hydrogen (secondary N) is 2. The number of hydrogen-bond donors (Lipinski definition) is 2. The molecule has 0 aromatic carbocycles. The Balaban J connectivity index is 1.90. The highest BCUT2D eigenvalue weighted by Gasteiger charge is 2.22. The van der Waals surface area contributed by atoms with Crippen molar-refractivity contribution in [1.82, 2.24) is 10.3 Å². The average molecular weight is 363 g/mol. The summed E-state index contributed by atoms with van der Waals surface area (Å²) in [6.45, 7) is 1.62. The number of halogens is 1. The van der Waals surface area contributed by atoms with Crippen LogP contribution < -0.4 is 10.6 Å². The Morgan fingerprint density at radius 2 is 2.38 bits per heavy atom. The predicted molar refractivity (Wildman–Crippen MR) is 84.3 cm³/mol. The first kappa shape index (κ1) is 14.2. The minimum absolute atomic E-state index is 0.258. The molecule has 1 amide bonds. The Kier molecular flexibility index (Phi) is 4.01. The number of carbonyl (C=O) groups is 1. The zero-order valence-electron chi connectivity index (χ0n) is 10.9. The lowest BCUT2D eigenvalue weighted by Gasteiger charge is -2.11. The fourth-order valence-corrected chi connectivity index (χ4v) is 3.78. The molecule has 0 bridgehead atoms. The molecule has 0 fully saturated rings. The van der Waals surface area contributed by atoms with E-state index in [1.807, 2.05) is 0 Å². The molecule has 1 aliphatic heterocycles. The molecule has 0 unspecified atom stereocenters. The van der Waals surface area contributed by atoms with Crippen molar-refractivity contribution < 1.29 is 4.79 Å². The third-order valence-corrected chi connectivity index (χ3v) is 4.82. The molecular weight excluding hydrogens is 352 g/mol. The van der Waals surface area contributed by atoms with E-state index in [9.17, 15) is 10.1 Å². The molecule has 1 aliphatic rings. The lowest BCUT2D eigenvalue weighted by Crippen LogP contribution is -2.22. The molecule has 0 spiro atoms. The van der Waals surface area contributed by atoms with Crippen LogP contribution in [0.25, 0.3) is 0 Å². The first-order valence-corrected chi connectivity index (χ1v) is 7.97. The summed E-state index contributed by atoms with van der Waals surface area (Å²) in [6.07, 6.45) is 3.94. The first-order chi connectivity index (χ1) is 10.2. The van der Waals surface area contributed by atoms with Crippen LogP contribution in [-0.4, -0.2) is 17.4 Å². The van der Waals surface area contributed by atoms with E-state index in [-0.39, 0.29) is 5.91 Å². The maximum absolute atomic E-state index is 12.3. The number of hydrogen-bond acceptors (Lipinski definition) is 5. The first-order valence-electron chi connectivity index (χ1n) is 6.36. The molecule has 106 valence electrons. The van der Waals surface area contributed by atoms with E-state index in [1.54, 1.807) is 12.3 Å². The van der Waals surface area contributed by atoms with Crippen molar-refractivity contribution in [2.24, 2.45) is 0 Å². The molecule has 0 saturated carbocycles. The third-order valence-electron chi connectivity index (χ3n) is 3.23. The van der Waals surface area contributed by atoms with Gasteiger partial charge in [0.25, 0.3) is 5.91 Å². The SMILES string of the molecule is N#Cc1c(NC(=O)c2cncc(Br)c2)sc2c1CCNC2. The van der Waals surface area contributed by atoms with Crippen LogP contribution in [-0.2, 0) is 13.0 Å². The standard InChI is InChI=1S/C14H11BrN4OS/c15-9-3-8(5-18-6-9)13(20)19-14-11(4-16)10-1-2-17-7-12(10)21-14/h3,5-6,17H,1-2,7H2,(H,19,20). The van der Waals surface area contributed by atoms with E-state index in [0.717, 1.165) is 34.4 Å². The van der Waals surface area contributed by atoms with Crippen LogP contribution >= 0.6 is 27.3 Å². The highest BCUT2D eigenvalue weighted by atomic mass is 79.9. The monoisotopic (exact) mass is 362 g/mol. The van der Waals surface area contributed by atoms with Gasteiger partial charge in [-0.25, -0.2) is 0 Å². The second-order valence-corrected chi connectivity index (χ2v) is 6.61. The number of nitrogens with zero attached hydrogens (tertiary/aromatic N) is 2. The average Bonchev–Trinajstić information content (AvgIpc) is 2.84. The van der Waals surface area contributed by atoms with Crippen LogP contribution in [0.3, 0.4) is 0 Å². The van der Waals surface area contributed by atoms with Gasteiger partial charge in [-0.3, -0.25) is 9.78 Å². The van der Waals surface area contributed by atoms with Crippen molar-refractivity contribution in [2.45, 2.75) is 13.0 Å². The summed E-state index contributed by atoms with van der Waals surface area (Å²) in [5.41, 5.74) is 2.11. The van der Waals surface area contributed by atoms with Gasteiger partial charge in [-0.15, -0.1) is 11.3 Å². The molecule has 3 heterocycles. The summed E-state index contributed by atoms with van der Waals surface area (Å²) in [6, 6.07) is 3.91. The van der Waals surface area contributed by atoms with E-state index in [1.165, 1.54) is 17.5 Å². The van der Waals surface area contributed by atoms with Crippen molar-refractivity contribution in [3.8, 4) is 6.07 Å². The van der Waals surface area contributed by atoms with Gasteiger partial charge < -0.3 is 10.6 Å². The second-order valence-electron chi connectivity index (χ2n) is 4.59. The Labute approximate surface area is 134 Å². The molecular formula is C14H11BrN4OS. The molecule has 0 aliphatic carbocycles. The summed E-state index contributed by atoms with van der Waals surface area (Å²) in [5, 5.41) is 16.1. The minimum atomic E-state index is -0.258. The highest BCUT2D eigenvalue weighted by Crippen LogP contribution is 2.35. The Hall–Kier alpha value is -1.75. The maximum Gasteiger partial charge on any atom is 0.257 e. The third kappa shape index (κ3) is 2.83. The van der Waals surface area contributed by atoms with Gasteiger partial charge in [0.1, 0.15) is 11.1 Å². The molecule has 0 saturated heterocycles. The molecule has 0 radical (unpaired) electrons. The molecule has 7 heteroatoms. The van der Waals surface area contributed by atoms with Gasteiger partial charge >= 0.3 is 0 Å². The Morgan fingerprint density at radius 3 is 3.14 bits per heavy atom. The van der Waals surface area contributed by atoms with Crippen LogP contribution in [0.4, 0.5) is 5.00 Å². The molecule has 2 N–H and O–H groups in total. The number of pyridine rings is 1. The van der Waals surface area contributed by atoms with E-state index in [4.69, 9.17) is 0 Å². The number of thiophene rings is 1. The van der Waals surface area contributed by atoms with E-state index in [0.29, 0.717) is 16.1 Å². The number of anilines is 1. The van der Waals surface area contributed by atoms with E-state index in [2.05, 4.69) is 37.6 Å². The predicted octanol–water partition coefficient (Wildman–Crippen LogP) is 2.68. The zero-order chi connectivity index (χ0) is 14.8. The summed E-state index contributed by atoms with van der Waals surface area (Å²) < 4.78 is 0.741. The Bertz CT molecular complexity index is 750. The van der Waals surface area contributed by atoms with Crippen molar-refractivity contribution in [2.75, 3.05) is 11.9 Å². The van der Waals surface area contributed by atoms with Crippen LogP contribution in [0, 0.1) is 11.3 Å². The van der Waals surface area contributed by atoms with Gasteiger partial charge in [0.2, 0.25) is 0 Å². The topological polar surface area (TPSA) is 77.8 Å². The lowest BCUT2D eigenvalue weighted by atomic mass is 10.1. The second kappa shape index (κ2) is 5.93. The summed E-state index contributed by atoms with van der Waals surface area (Å²) in [7, 11) is 0. The van der Waals surface area contributed by atoms with Gasteiger partial charge in [-0.05, 0) is 40.5 Å². The Morgan fingerprint density at radius 1 is 1.52 bits per heavy atom. The lowest BCUT2D eigenvalue weighted by molar-refractivity contribution is 0.102. The van der Waals surface area contributed by atoms with Gasteiger partial charge in [0.15, 0.2) is 0 Å². The summed E-state index contributed by atoms with van der Waals surface area (Å²) >= 11 is 4.75. The van der Waals surface area contributed by atoms with Gasteiger partial charge in [-0.2, -0.15) is 5.26 Å². The normalized spacial score (nSPS) is 13.3. The van der Waals surface area contributed by atoms with Crippen LogP contribution in [0.5, 0.6) is 0 Å². The molecule has 5 nitrogen and oxygen atoms in total. The van der Waals surface area contributed by atoms with Crippen molar-refractivity contribution >= 4 is 38.2 Å². The molecule has 21 heavy (non-hydrogen) atoms. The number of rotatable bonds is 2. The van der Waals surface area contributed by atoms with Crippen LogP contribution in [0.1, 0.15) is 26.4 Å². The molecule has 0 atom stereocenters. The number of nitriles is 1. The molecule has 2 aromatic heterocycles. The summed E-state index contributed by atoms with van der Waals surface area (Å²) in [5.74, 6) is -0.258. The van der Waals surface area contributed by atoms with Gasteiger partial charge in [-0.1, -0.05) is 0 Å². The smallest absolute Gasteiger partial charge is 0.257 e.